The molecule has 1 aromatic rings. The lowest BCUT2D eigenvalue weighted by Gasteiger charge is -2.14. The Bertz CT molecular complexity index is 393. The van der Waals surface area contributed by atoms with Crippen molar-refractivity contribution in [3.8, 4) is 0 Å². The Labute approximate surface area is 118 Å². The second-order valence-corrected chi connectivity index (χ2v) is 6.11. The molecule has 0 aliphatic heterocycles. The number of aryl methyl sites for hydroxylation is 1. The summed E-state index contributed by atoms with van der Waals surface area (Å²) in [5.41, 5.74) is 0. The monoisotopic (exact) mass is 285 g/mol. The molecule has 1 atom stereocenters. The molecule has 0 aromatic carbocycles. The van der Waals surface area contributed by atoms with Crippen LogP contribution in [0.5, 0.6) is 0 Å². The van der Waals surface area contributed by atoms with Gasteiger partial charge in [-0.3, -0.25) is 4.79 Å². The third-order valence-electron chi connectivity index (χ3n) is 2.74. The molecule has 0 radical (unpaired) electrons. The van der Waals surface area contributed by atoms with Crippen LogP contribution in [-0.2, 0) is 11.8 Å². The van der Waals surface area contributed by atoms with E-state index in [2.05, 4.69) is 34.7 Å². The highest BCUT2D eigenvalue weighted by molar-refractivity contribution is 7.99. The number of hydrogen-bond acceptors (Lipinski definition) is 5. The molecule has 0 saturated heterocycles. The fraction of sp³-hybridized carbons (Fsp3) is 0.833. The molecule has 0 spiro atoms. The maximum absolute atomic E-state index is 11.7. The van der Waals surface area contributed by atoms with Crippen molar-refractivity contribution >= 4 is 17.7 Å². The molecule has 1 aromatic heterocycles. The first kappa shape index (κ1) is 15.9. The van der Waals surface area contributed by atoms with Gasteiger partial charge in [-0.05, 0) is 29.7 Å². The standard InChI is InChI=1S/C12H23N5OS/c1-9(2)6-5-7-10(3)13-11(18)8-19-12-14-15-16-17(12)4/h9-10H,5-8H2,1-4H3,(H,13,18). The van der Waals surface area contributed by atoms with Crippen LogP contribution in [0, 0.1) is 5.92 Å². The molecule has 0 aliphatic carbocycles. The first-order valence-corrected chi connectivity index (χ1v) is 7.62. The van der Waals surface area contributed by atoms with Crippen molar-refractivity contribution in [1.82, 2.24) is 25.5 Å². The fourth-order valence-corrected chi connectivity index (χ4v) is 2.36. The zero-order chi connectivity index (χ0) is 14.3. The van der Waals surface area contributed by atoms with Gasteiger partial charge in [0.1, 0.15) is 0 Å². The Balaban J connectivity index is 2.18. The molecule has 0 bridgehead atoms. The number of carbonyl (C=O) groups excluding carboxylic acids is 1. The van der Waals surface area contributed by atoms with Gasteiger partial charge in [0.15, 0.2) is 0 Å². The Kier molecular flexibility index (Phi) is 6.83. The average Bonchev–Trinajstić information content (AvgIpc) is 2.71. The second-order valence-electron chi connectivity index (χ2n) is 5.17. The van der Waals surface area contributed by atoms with Crippen LogP contribution in [0.1, 0.15) is 40.0 Å². The molecule has 1 heterocycles. The minimum atomic E-state index is 0.0325. The van der Waals surface area contributed by atoms with E-state index in [-0.39, 0.29) is 11.9 Å². The number of rotatable bonds is 8. The number of aromatic nitrogens is 4. The average molecular weight is 285 g/mol. The number of amides is 1. The number of thioether (sulfide) groups is 1. The van der Waals surface area contributed by atoms with Crippen molar-refractivity contribution in [2.45, 2.75) is 51.2 Å². The Hall–Kier alpha value is -1.11. The van der Waals surface area contributed by atoms with Crippen LogP contribution in [0.2, 0.25) is 0 Å². The molecule has 0 fully saturated rings. The van der Waals surface area contributed by atoms with Gasteiger partial charge >= 0.3 is 0 Å². The molecule has 1 rings (SSSR count). The number of tetrazole rings is 1. The van der Waals surface area contributed by atoms with Gasteiger partial charge in [-0.2, -0.15) is 0 Å². The topological polar surface area (TPSA) is 72.7 Å². The summed E-state index contributed by atoms with van der Waals surface area (Å²) in [5.74, 6) is 1.11. The van der Waals surface area contributed by atoms with Crippen LogP contribution in [0.4, 0.5) is 0 Å². The van der Waals surface area contributed by atoms with Gasteiger partial charge in [0, 0.05) is 13.1 Å². The van der Waals surface area contributed by atoms with Crippen molar-refractivity contribution in [2.24, 2.45) is 13.0 Å². The third-order valence-corrected chi connectivity index (χ3v) is 3.75. The van der Waals surface area contributed by atoms with Gasteiger partial charge in [0.2, 0.25) is 11.1 Å². The second kappa shape index (κ2) is 8.14. The molecule has 6 nitrogen and oxygen atoms in total. The smallest absolute Gasteiger partial charge is 0.230 e. The van der Waals surface area contributed by atoms with Crippen molar-refractivity contribution < 1.29 is 4.79 Å². The molecular weight excluding hydrogens is 262 g/mol. The lowest BCUT2D eigenvalue weighted by Crippen LogP contribution is -2.33. The molecule has 0 saturated carbocycles. The summed E-state index contributed by atoms with van der Waals surface area (Å²) in [6.45, 7) is 6.48. The highest BCUT2D eigenvalue weighted by Crippen LogP contribution is 2.12. The van der Waals surface area contributed by atoms with Gasteiger partial charge in [-0.15, -0.1) is 5.10 Å². The van der Waals surface area contributed by atoms with E-state index < -0.39 is 0 Å². The van der Waals surface area contributed by atoms with E-state index in [1.807, 2.05) is 6.92 Å². The summed E-state index contributed by atoms with van der Waals surface area (Å²) in [6, 6.07) is 0.226. The summed E-state index contributed by atoms with van der Waals surface area (Å²) in [7, 11) is 1.76. The summed E-state index contributed by atoms with van der Waals surface area (Å²) in [5, 5.41) is 14.7. The van der Waals surface area contributed by atoms with Gasteiger partial charge in [0.25, 0.3) is 0 Å². The van der Waals surface area contributed by atoms with Crippen molar-refractivity contribution in [1.29, 1.82) is 0 Å². The van der Waals surface area contributed by atoms with Gasteiger partial charge < -0.3 is 5.32 Å². The van der Waals surface area contributed by atoms with Crippen molar-refractivity contribution in [3.63, 3.8) is 0 Å². The SMILES string of the molecule is CC(C)CCCC(C)NC(=O)CSc1nnnn1C. The van der Waals surface area contributed by atoms with E-state index in [1.54, 1.807) is 11.7 Å². The third kappa shape index (κ3) is 6.56. The van der Waals surface area contributed by atoms with Gasteiger partial charge in [-0.25, -0.2) is 4.68 Å². The Morgan fingerprint density at radius 3 is 2.68 bits per heavy atom. The van der Waals surface area contributed by atoms with E-state index in [9.17, 15) is 4.79 Å². The molecule has 19 heavy (non-hydrogen) atoms. The summed E-state index contributed by atoms with van der Waals surface area (Å²) < 4.78 is 1.56. The van der Waals surface area contributed by atoms with E-state index in [1.165, 1.54) is 18.2 Å². The molecule has 7 heteroatoms. The van der Waals surface area contributed by atoms with Crippen molar-refractivity contribution in [2.75, 3.05) is 5.75 Å². The number of hydrogen-bond donors (Lipinski definition) is 1. The highest BCUT2D eigenvalue weighted by Gasteiger charge is 2.10. The van der Waals surface area contributed by atoms with Crippen LogP contribution in [0.25, 0.3) is 0 Å². The molecule has 0 aliphatic rings. The number of nitrogens with zero attached hydrogens (tertiary/aromatic N) is 4. The van der Waals surface area contributed by atoms with Crippen LogP contribution in [0.3, 0.4) is 0 Å². The first-order chi connectivity index (χ1) is 8.99. The van der Waals surface area contributed by atoms with Crippen molar-refractivity contribution in [3.05, 3.63) is 0 Å². The van der Waals surface area contributed by atoms with Crippen LogP contribution in [0.15, 0.2) is 5.16 Å². The fourth-order valence-electron chi connectivity index (χ4n) is 1.69. The van der Waals surface area contributed by atoms with Gasteiger partial charge in [0.05, 0.1) is 5.75 Å². The maximum Gasteiger partial charge on any atom is 0.230 e. The zero-order valence-electron chi connectivity index (χ0n) is 12.1. The maximum atomic E-state index is 11.7. The minimum absolute atomic E-state index is 0.0325. The highest BCUT2D eigenvalue weighted by atomic mass is 32.2. The molecule has 1 unspecified atom stereocenters. The lowest BCUT2D eigenvalue weighted by molar-refractivity contribution is -0.119. The summed E-state index contributed by atoms with van der Waals surface area (Å²) in [6.07, 6.45) is 3.39. The Morgan fingerprint density at radius 2 is 2.11 bits per heavy atom. The molecule has 1 N–H and O–H groups in total. The summed E-state index contributed by atoms with van der Waals surface area (Å²) >= 11 is 1.35. The number of carbonyl (C=O) groups is 1. The largest absolute Gasteiger partial charge is 0.353 e. The summed E-state index contributed by atoms with van der Waals surface area (Å²) in [4.78, 5) is 11.7. The Morgan fingerprint density at radius 1 is 1.37 bits per heavy atom. The van der Waals surface area contributed by atoms with E-state index in [4.69, 9.17) is 0 Å². The molecular formula is C12H23N5OS. The first-order valence-electron chi connectivity index (χ1n) is 6.63. The molecule has 1 amide bonds. The van der Waals surface area contributed by atoms with Gasteiger partial charge in [-0.1, -0.05) is 38.5 Å². The lowest BCUT2D eigenvalue weighted by atomic mass is 10.0. The van der Waals surface area contributed by atoms with Crippen LogP contribution >= 0.6 is 11.8 Å². The van der Waals surface area contributed by atoms with E-state index in [0.29, 0.717) is 10.9 Å². The van der Waals surface area contributed by atoms with Crippen LogP contribution < -0.4 is 5.32 Å². The van der Waals surface area contributed by atoms with E-state index >= 15 is 0 Å². The number of nitrogens with one attached hydrogen (secondary N) is 1. The van der Waals surface area contributed by atoms with E-state index in [0.717, 1.165) is 18.8 Å². The predicted molar refractivity (Wildman–Crippen MR) is 75.8 cm³/mol. The predicted octanol–water partition coefficient (Wildman–Crippen LogP) is 1.63. The minimum Gasteiger partial charge on any atom is -0.353 e. The van der Waals surface area contributed by atoms with Crippen LogP contribution in [-0.4, -0.2) is 37.9 Å². The quantitative estimate of drug-likeness (QED) is 0.735. The zero-order valence-corrected chi connectivity index (χ0v) is 12.9. The molecule has 108 valence electrons. The normalized spacial score (nSPS) is 12.7.